The van der Waals surface area contributed by atoms with Crippen LogP contribution >= 0.6 is 0 Å². The molecule has 2 aliphatic heterocycles. The van der Waals surface area contributed by atoms with Crippen molar-refractivity contribution in [3.63, 3.8) is 0 Å². The van der Waals surface area contributed by atoms with E-state index in [1.807, 2.05) is 80.4 Å². The SMILES string of the molecule is Cc1nc(C#CC2=CCON(Cc3ccccc3)[C@@H]2[C@H]2COC(C)(C)O2)c(-c2ccccc2)n1-c1ccccc1. The lowest BCUT2D eigenvalue weighted by molar-refractivity contribution is -0.214. The van der Waals surface area contributed by atoms with Crippen molar-refractivity contribution in [1.29, 1.82) is 0 Å². The van der Waals surface area contributed by atoms with Gasteiger partial charge in [0.25, 0.3) is 0 Å². The second kappa shape index (κ2) is 11.2. The minimum absolute atomic E-state index is 0.222. The smallest absolute Gasteiger partial charge is 0.163 e. The Bertz CT molecular complexity index is 1550. The highest BCUT2D eigenvalue weighted by Gasteiger charge is 2.42. The molecule has 202 valence electrons. The zero-order valence-electron chi connectivity index (χ0n) is 23.1. The fraction of sp³-hybridized carbons (Fsp3) is 0.265. The van der Waals surface area contributed by atoms with Gasteiger partial charge in [-0.2, -0.15) is 5.06 Å². The van der Waals surface area contributed by atoms with Crippen LogP contribution in [0.2, 0.25) is 0 Å². The largest absolute Gasteiger partial charge is 0.348 e. The molecule has 3 heterocycles. The van der Waals surface area contributed by atoms with Crippen molar-refractivity contribution in [3.05, 3.63) is 120 Å². The Morgan fingerprint density at radius 2 is 1.57 bits per heavy atom. The van der Waals surface area contributed by atoms with E-state index >= 15 is 0 Å². The average molecular weight is 532 g/mol. The third-order valence-electron chi connectivity index (χ3n) is 7.17. The van der Waals surface area contributed by atoms with Gasteiger partial charge in [-0.15, -0.1) is 0 Å². The standard InChI is InChI=1S/C34H33N3O3/c1-25-35-30(32(27-15-9-5-10-16-27)37(25)29-17-11-6-12-18-29)20-19-28-21-22-39-36(23-26-13-7-4-8-14-26)33(28)31-24-38-34(2,3)40-31/h4-18,21,31,33H,22-24H2,1-3H3/t31-,33+/m1/s1. The molecule has 3 aromatic carbocycles. The molecule has 1 fully saturated rings. The monoisotopic (exact) mass is 531 g/mol. The molecule has 0 saturated carbocycles. The van der Waals surface area contributed by atoms with E-state index < -0.39 is 5.79 Å². The lowest BCUT2D eigenvalue weighted by atomic mass is 9.99. The van der Waals surface area contributed by atoms with Gasteiger partial charge < -0.3 is 9.47 Å². The molecule has 0 spiro atoms. The number of ether oxygens (including phenoxy) is 2. The molecule has 0 N–H and O–H groups in total. The van der Waals surface area contributed by atoms with Crippen LogP contribution in [0.3, 0.4) is 0 Å². The van der Waals surface area contributed by atoms with Crippen molar-refractivity contribution in [2.24, 2.45) is 0 Å². The summed E-state index contributed by atoms with van der Waals surface area (Å²) >= 11 is 0. The number of imidazole rings is 1. The number of aryl methyl sites for hydroxylation is 1. The number of hydrogen-bond donors (Lipinski definition) is 0. The van der Waals surface area contributed by atoms with Crippen molar-refractivity contribution >= 4 is 0 Å². The van der Waals surface area contributed by atoms with Gasteiger partial charge in [0, 0.05) is 23.4 Å². The molecule has 2 aliphatic rings. The normalized spacial score (nSPS) is 20.5. The lowest BCUT2D eigenvalue weighted by Gasteiger charge is -2.36. The van der Waals surface area contributed by atoms with Gasteiger partial charge in [-0.3, -0.25) is 9.40 Å². The van der Waals surface area contributed by atoms with Gasteiger partial charge in [-0.05, 0) is 50.5 Å². The van der Waals surface area contributed by atoms with Crippen LogP contribution in [0.1, 0.15) is 30.9 Å². The van der Waals surface area contributed by atoms with Crippen molar-refractivity contribution < 1.29 is 14.3 Å². The summed E-state index contributed by atoms with van der Waals surface area (Å²) in [4.78, 5) is 11.1. The second-order valence-electron chi connectivity index (χ2n) is 10.5. The van der Waals surface area contributed by atoms with Crippen molar-refractivity contribution in [2.45, 2.75) is 45.2 Å². The number of benzene rings is 3. The Morgan fingerprint density at radius 1 is 0.900 bits per heavy atom. The molecule has 1 aromatic heterocycles. The van der Waals surface area contributed by atoms with Gasteiger partial charge in [0.1, 0.15) is 17.6 Å². The summed E-state index contributed by atoms with van der Waals surface area (Å²) < 4.78 is 14.5. The van der Waals surface area contributed by atoms with Crippen molar-refractivity contribution in [2.75, 3.05) is 13.2 Å². The molecule has 4 aromatic rings. The third-order valence-corrected chi connectivity index (χ3v) is 7.17. The maximum absolute atomic E-state index is 6.34. The summed E-state index contributed by atoms with van der Waals surface area (Å²) in [7, 11) is 0. The predicted octanol–water partition coefficient (Wildman–Crippen LogP) is 6.09. The van der Waals surface area contributed by atoms with Crippen LogP contribution in [0.5, 0.6) is 0 Å². The molecule has 6 heteroatoms. The van der Waals surface area contributed by atoms with Gasteiger partial charge >= 0.3 is 0 Å². The quantitative estimate of drug-likeness (QED) is 0.292. The van der Waals surface area contributed by atoms with Gasteiger partial charge in [0.15, 0.2) is 5.79 Å². The Kier molecular flexibility index (Phi) is 7.38. The molecule has 0 unspecified atom stereocenters. The van der Waals surface area contributed by atoms with Crippen molar-refractivity contribution in [3.8, 4) is 28.8 Å². The second-order valence-corrected chi connectivity index (χ2v) is 10.5. The number of nitrogens with zero attached hydrogens (tertiary/aromatic N) is 3. The summed E-state index contributed by atoms with van der Waals surface area (Å²) in [6, 6.07) is 30.7. The summed E-state index contributed by atoms with van der Waals surface area (Å²) in [5.74, 6) is 7.15. The zero-order valence-corrected chi connectivity index (χ0v) is 23.1. The Labute approximate surface area is 235 Å². The van der Waals surface area contributed by atoms with Gasteiger partial charge in [0.2, 0.25) is 0 Å². The van der Waals surface area contributed by atoms with E-state index in [2.05, 4.69) is 58.9 Å². The minimum Gasteiger partial charge on any atom is -0.348 e. The van der Waals surface area contributed by atoms with Crippen molar-refractivity contribution in [1.82, 2.24) is 14.6 Å². The van der Waals surface area contributed by atoms with Crippen LogP contribution in [0, 0.1) is 18.8 Å². The van der Waals surface area contributed by atoms with E-state index in [1.165, 1.54) is 0 Å². The molecule has 0 radical (unpaired) electrons. The van der Waals surface area contributed by atoms with E-state index in [-0.39, 0.29) is 12.1 Å². The molecular formula is C34H33N3O3. The highest BCUT2D eigenvalue weighted by Crippen LogP contribution is 2.33. The Balaban J connectivity index is 1.40. The highest BCUT2D eigenvalue weighted by molar-refractivity contribution is 5.69. The van der Waals surface area contributed by atoms with Gasteiger partial charge in [-0.25, -0.2) is 4.98 Å². The maximum Gasteiger partial charge on any atom is 0.163 e. The summed E-state index contributed by atoms with van der Waals surface area (Å²) in [5, 5.41) is 1.99. The molecule has 0 bridgehead atoms. The van der Waals surface area contributed by atoms with Gasteiger partial charge in [0.05, 0.1) is 24.9 Å². The first-order valence-corrected chi connectivity index (χ1v) is 13.7. The first kappa shape index (κ1) is 26.2. The van der Waals surface area contributed by atoms with E-state index in [0.717, 1.165) is 39.6 Å². The maximum atomic E-state index is 6.34. The molecule has 0 amide bonds. The topological polar surface area (TPSA) is 48.8 Å². The summed E-state index contributed by atoms with van der Waals surface area (Å²) in [6.45, 7) is 7.42. The van der Waals surface area contributed by atoms with E-state index in [1.54, 1.807) is 0 Å². The number of aromatic nitrogens is 2. The molecule has 40 heavy (non-hydrogen) atoms. The molecule has 1 saturated heterocycles. The Morgan fingerprint density at radius 3 is 2.25 bits per heavy atom. The van der Waals surface area contributed by atoms with Crippen LogP contribution in [0.25, 0.3) is 16.9 Å². The number of rotatable bonds is 5. The Hall–Kier alpha value is -3.99. The van der Waals surface area contributed by atoms with E-state index in [9.17, 15) is 0 Å². The lowest BCUT2D eigenvalue weighted by Crippen LogP contribution is -2.48. The van der Waals surface area contributed by atoms with Crippen LogP contribution in [-0.2, 0) is 20.9 Å². The first-order valence-electron chi connectivity index (χ1n) is 13.7. The molecule has 6 nitrogen and oxygen atoms in total. The van der Waals surface area contributed by atoms with Crippen LogP contribution < -0.4 is 0 Å². The van der Waals surface area contributed by atoms with Gasteiger partial charge in [-0.1, -0.05) is 84.8 Å². The minimum atomic E-state index is -0.662. The number of para-hydroxylation sites is 1. The average Bonchev–Trinajstić information content (AvgIpc) is 3.51. The van der Waals surface area contributed by atoms with E-state index in [0.29, 0.717) is 19.8 Å². The fourth-order valence-electron chi connectivity index (χ4n) is 5.37. The summed E-state index contributed by atoms with van der Waals surface area (Å²) in [6.07, 6.45) is 1.83. The predicted molar refractivity (Wildman–Crippen MR) is 155 cm³/mol. The molecule has 6 rings (SSSR count). The molecular weight excluding hydrogens is 498 g/mol. The van der Waals surface area contributed by atoms with Crippen LogP contribution in [0.15, 0.2) is 103 Å². The third kappa shape index (κ3) is 5.51. The number of hydrogen-bond acceptors (Lipinski definition) is 5. The summed E-state index contributed by atoms with van der Waals surface area (Å²) in [5.41, 5.74) is 5.92. The number of hydroxylamine groups is 2. The van der Waals surface area contributed by atoms with Crippen LogP contribution in [-0.4, -0.2) is 45.8 Å². The molecule has 0 aliphatic carbocycles. The molecule has 2 atom stereocenters. The zero-order chi connectivity index (χ0) is 27.5. The van der Waals surface area contributed by atoms with E-state index in [4.69, 9.17) is 19.3 Å². The first-order chi connectivity index (χ1) is 19.5. The highest BCUT2D eigenvalue weighted by atomic mass is 16.7. The fourth-order valence-corrected chi connectivity index (χ4v) is 5.37. The van der Waals surface area contributed by atoms with Crippen LogP contribution in [0.4, 0.5) is 0 Å².